The lowest BCUT2D eigenvalue weighted by Crippen LogP contribution is -2.37. The average molecular weight is 367 g/mol. The Kier molecular flexibility index (Phi) is 4.84. The van der Waals surface area contributed by atoms with Gasteiger partial charge in [0, 0.05) is 24.0 Å². The summed E-state index contributed by atoms with van der Waals surface area (Å²) < 4.78 is 5.18. The molecule has 26 heavy (non-hydrogen) atoms. The Labute approximate surface area is 156 Å². The summed E-state index contributed by atoms with van der Waals surface area (Å²) in [6, 6.07) is 10.4. The van der Waals surface area contributed by atoms with Gasteiger partial charge in [-0.25, -0.2) is 9.97 Å². The summed E-state index contributed by atoms with van der Waals surface area (Å²) in [6.07, 6.45) is 3.24. The Balaban J connectivity index is 1.64. The molecule has 1 aliphatic heterocycles. The number of aromatic nitrogens is 2. The minimum atomic E-state index is -0.0690. The molecule has 2 aromatic heterocycles. The van der Waals surface area contributed by atoms with Crippen LogP contribution in [0.1, 0.15) is 19.8 Å². The molecule has 0 radical (unpaired) electrons. The highest BCUT2D eigenvalue weighted by molar-refractivity contribution is 7.17. The summed E-state index contributed by atoms with van der Waals surface area (Å²) in [4.78, 5) is 24.3. The molecular weight excluding hydrogens is 346 g/mol. The molecule has 3 aromatic rings. The van der Waals surface area contributed by atoms with E-state index in [0.29, 0.717) is 6.61 Å². The molecule has 0 saturated carbocycles. The predicted octanol–water partition coefficient (Wildman–Crippen LogP) is 4.14. The Morgan fingerprint density at radius 1 is 1.23 bits per heavy atom. The molecule has 5 nitrogen and oxygen atoms in total. The molecule has 1 fully saturated rings. The molecule has 0 unspecified atom stereocenters. The number of anilines is 1. The Bertz CT molecular complexity index is 902. The van der Waals surface area contributed by atoms with Gasteiger partial charge in [0.05, 0.1) is 17.9 Å². The summed E-state index contributed by atoms with van der Waals surface area (Å²) in [7, 11) is 0. The fraction of sp³-hybridized carbons (Fsp3) is 0.350. The number of piperidine rings is 1. The zero-order chi connectivity index (χ0) is 17.9. The number of fused-ring (bicyclic) bond motifs is 1. The fourth-order valence-electron chi connectivity index (χ4n) is 3.52. The number of hydrogen-bond donors (Lipinski definition) is 0. The molecule has 1 aliphatic rings. The van der Waals surface area contributed by atoms with Gasteiger partial charge in [-0.1, -0.05) is 30.3 Å². The van der Waals surface area contributed by atoms with Crippen LogP contribution < -0.4 is 4.90 Å². The highest BCUT2D eigenvalue weighted by Gasteiger charge is 2.28. The zero-order valence-corrected chi connectivity index (χ0v) is 15.5. The molecule has 6 heteroatoms. The molecule has 0 spiro atoms. The lowest BCUT2D eigenvalue weighted by atomic mass is 9.96. The lowest BCUT2D eigenvalue weighted by molar-refractivity contribution is -0.148. The molecule has 134 valence electrons. The Morgan fingerprint density at radius 2 is 2.00 bits per heavy atom. The molecule has 1 saturated heterocycles. The summed E-state index contributed by atoms with van der Waals surface area (Å²) in [5, 5.41) is 3.27. The van der Waals surface area contributed by atoms with Crippen molar-refractivity contribution in [3.8, 4) is 11.1 Å². The quantitative estimate of drug-likeness (QED) is 0.649. The third kappa shape index (κ3) is 3.17. The Hall–Kier alpha value is -2.47. The van der Waals surface area contributed by atoms with Gasteiger partial charge in [-0.05, 0) is 25.3 Å². The number of benzene rings is 1. The van der Waals surface area contributed by atoms with Crippen LogP contribution in [0.25, 0.3) is 21.3 Å². The van der Waals surface area contributed by atoms with Gasteiger partial charge in [0.15, 0.2) is 0 Å². The van der Waals surface area contributed by atoms with E-state index >= 15 is 0 Å². The van der Waals surface area contributed by atoms with E-state index in [4.69, 9.17) is 4.74 Å². The molecule has 0 atom stereocenters. The van der Waals surface area contributed by atoms with Crippen molar-refractivity contribution in [3.05, 3.63) is 42.0 Å². The summed E-state index contributed by atoms with van der Waals surface area (Å²) >= 11 is 1.65. The fourth-order valence-corrected chi connectivity index (χ4v) is 4.43. The van der Waals surface area contributed by atoms with E-state index in [1.54, 1.807) is 17.7 Å². The molecule has 0 aliphatic carbocycles. The number of ether oxygens (including phenoxy) is 1. The van der Waals surface area contributed by atoms with Gasteiger partial charge >= 0.3 is 5.97 Å². The van der Waals surface area contributed by atoms with Gasteiger partial charge in [0.2, 0.25) is 0 Å². The average Bonchev–Trinajstić information content (AvgIpc) is 3.13. The lowest BCUT2D eigenvalue weighted by Gasteiger charge is -2.32. The molecule has 4 rings (SSSR count). The van der Waals surface area contributed by atoms with Crippen LogP contribution >= 0.6 is 11.3 Å². The third-order valence-electron chi connectivity index (χ3n) is 4.85. The predicted molar refractivity (Wildman–Crippen MR) is 104 cm³/mol. The number of rotatable bonds is 4. The minimum Gasteiger partial charge on any atom is -0.466 e. The van der Waals surface area contributed by atoms with Crippen LogP contribution in [0.15, 0.2) is 42.0 Å². The molecule has 0 N–H and O–H groups in total. The van der Waals surface area contributed by atoms with Gasteiger partial charge in [0.25, 0.3) is 0 Å². The van der Waals surface area contributed by atoms with Crippen molar-refractivity contribution in [3.63, 3.8) is 0 Å². The van der Waals surface area contributed by atoms with Crippen molar-refractivity contribution in [2.75, 3.05) is 24.6 Å². The molecule has 3 heterocycles. The van der Waals surface area contributed by atoms with E-state index in [-0.39, 0.29) is 11.9 Å². The number of esters is 1. The first-order valence-electron chi connectivity index (χ1n) is 8.97. The van der Waals surface area contributed by atoms with Gasteiger partial charge in [-0.3, -0.25) is 4.79 Å². The van der Waals surface area contributed by atoms with E-state index in [1.807, 2.05) is 25.1 Å². The van der Waals surface area contributed by atoms with Crippen molar-refractivity contribution in [1.82, 2.24) is 9.97 Å². The number of carbonyl (C=O) groups is 1. The van der Waals surface area contributed by atoms with Crippen LogP contribution in [0.2, 0.25) is 0 Å². The van der Waals surface area contributed by atoms with Crippen LogP contribution in [-0.2, 0) is 9.53 Å². The minimum absolute atomic E-state index is 0.000374. The van der Waals surface area contributed by atoms with E-state index in [2.05, 4.69) is 32.4 Å². The van der Waals surface area contributed by atoms with Crippen LogP contribution in [0.3, 0.4) is 0 Å². The highest BCUT2D eigenvalue weighted by atomic mass is 32.1. The van der Waals surface area contributed by atoms with Crippen molar-refractivity contribution in [2.45, 2.75) is 19.8 Å². The first-order chi connectivity index (χ1) is 12.8. The third-order valence-corrected chi connectivity index (χ3v) is 5.74. The zero-order valence-electron chi connectivity index (χ0n) is 14.7. The monoisotopic (exact) mass is 367 g/mol. The maximum atomic E-state index is 12.0. The SMILES string of the molecule is CCOC(=O)C1CCN(c2ncnc3scc(-c4ccccc4)c23)CC1. The second kappa shape index (κ2) is 7.41. The molecule has 0 bridgehead atoms. The number of hydrogen-bond acceptors (Lipinski definition) is 6. The standard InChI is InChI=1S/C20H21N3O2S/c1-2-25-20(24)15-8-10-23(11-9-15)18-17-16(14-6-4-3-5-7-14)12-26-19(17)22-13-21-18/h3-7,12-13,15H,2,8-11H2,1H3. The second-order valence-electron chi connectivity index (χ2n) is 6.41. The first-order valence-corrected chi connectivity index (χ1v) is 9.85. The van der Waals surface area contributed by atoms with Crippen molar-refractivity contribution < 1.29 is 9.53 Å². The first kappa shape index (κ1) is 17.0. The number of thiophene rings is 1. The van der Waals surface area contributed by atoms with Gasteiger partial charge in [-0.2, -0.15) is 0 Å². The second-order valence-corrected chi connectivity index (χ2v) is 7.26. The van der Waals surface area contributed by atoms with Crippen molar-refractivity contribution in [2.24, 2.45) is 5.92 Å². The topological polar surface area (TPSA) is 55.3 Å². The van der Waals surface area contributed by atoms with E-state index in [0.717, 1.165) is 42.0 Å². The summed E-state index contributed by atoms with van der Waals surface area (Å²) in [5.41, 5.74) is 2.35. The molecular formula is C20H21N3O2S. The van der Waals surface area contributed by atoms with Crippen LogP contribution in [0.4, 0.5) is 5.82 Å². The maximum absolute atomic E-state index is 12.0. The maximum Gasteiger partial charge on any atom is 0.309 e. The van der Waals surface area contributed by atoms with E-state index in [1.165, 1.54) is 11.1 Å². The summed E-state index contributed by atoms with van der Waals surface area (Å²) in [5.74, 6) is 0.900. The van der Waals surface area contributed by atoms with Crippen molar-refractivity contribution in [1.29, 1.82) is 0 Å². The number of nitrogens with zero attached hydrogens (tertiary/aromatic N) is 3. The van der Waals surface area contributed by atoms with Crippen LogP contribution in [0.5, 0.6) is 0 Å². The molecule has 1 aromatic carbocycles. The van der Waals surface area contributed by atoms with E-state index in [9.17, 15) is 4.79 Å². The van der Waals surface area contributed by atoms with Gasteiger partial charge < -0.3 is 9.64 Å². The van der Waals surface area contributed by atoms with Crippen molar-refractivity contribution >= 4 is 33.3 Å². The highest BCUT2D eigenvalue weighted by Crippen LogP contribution is 2.38. The normalized spacial score (nSPS) is 15.3. The largest absolute Gasteiger partial charge is 0.466 e. The van der Waals surface area contributed by atoms with Gasteiger partial charge in [0.1, 0.15) is 17.0 Å². The van der Waals surface area contributed by atoms with Crippen LogP contribution in [-0.4, -0.2) is 35.6 Å². The van der Waals surface area contributed by atoms with Gasteiger partial charge in [-0.15, -0.1) is 11.3 Å². The smallest absolute Gasteiger partial charge is 0.309 e. The van der Waals surface area contributed by atoms with Crippen LogP contribution in [0, 0.1) is 5.92 Å². The Morgan fingerprint density at radius 3 is 2.73 bits per heavy atom. The van der Waals surface area contributed by atoms with E-state index < -0.39 is 0 Å². The molecule has 0 amide bonds. The summed E-state index contributed by atoms with van der Waals surface area (Å²) in [6.45, 7) is 3.91. The number of carbonyl (C=O) groups excluding carboxylic acids is 1.